The number of hydrogen-bond donors (Lipinski definition) is 0. The molecule has 1 atom stereocenters. The van der Waals surface area contributed by atoms with E-state index in [0.717, 1.165) is 12.9 Å². The molecule has 2 heterocycles. The van der Waals surface area contributed by atoms with Crippen LogP contribution >= 0.6 is 11.6 Å². The first-order chi connectivity index (χ1) is 16.2. The first-order valence-electron chi connectivity index (χ1n) is 10.3. The van der Waals surface area contributed by atoms with Crippen molar-refractivity contribution >= 4 is 50.9 Å². The number of sulfone groups is 1. The monoisotopic (exact) mass is 524 g/mol. The number of ether oxygens (including phenoxy) is 3. The second kappa shape index (κ2) is 9.44. The summed E-state index contributed by atoms with van der Waals surface area (Å²) in [4.78, 5) is 31.7. The normalized spacial score (nSPS) is 13.8. The zero-order valence-electron chi connectivity index (χ0n) is 20.0. The Bertz CT molecular complexity index is 1400. The number of fused-ring (bicyclic) bond motifs is 1. The third-order valence-corrected chi connectivity index (χ3v) is 6.02. The Hall–Kier alpha value is -3.22. The Kier molecular flexibility index (Phi) is 7.12. The van der Waals surface area contributed by atoms with Crippen LogP contribution in [0.25, 0.3) is 5.65 Å². The second-order valence-corrected chi connectivity index (χ2v) is 10.9. The van der Waals surface area contributed by atoms with Crippen molar-refractivity contribution in [2.45, 2.75) is 38.2 Å². The van der Waals surface area contributed by atoms with Gasteiger partial charge in [0.05, 0.1) is 17.0 Å². The Morgan fingerprint density at radius 1 is 1.14 bits per heavy atom. The van der Waals surface area contributed by atoms with Gasteiger partial charge < -0.3 is 14.2 Å². The van der Waals surface area contributed by atoms with E-state index in [4.69, 9.17) is 25.8 Å². The molecule has 187 valence electrons. The van der Waals surface area contributed by atoms with Crippen LogP contribution in [0.15, 0.2) is 41.4 Å². The van der Waals surface area contributed by atoms with E-state index in [2.05, 4.69) is 10.1 Å². The molecule has 0 spiro atoms. The van der Waals surface area contributed by atoms with Crippen LogP contribution in [0.4, 0.5) is 21.2 Å². The molecule has 3 aromatic rings. The molecule has 0 bridgehead atoms. The van der Waals surface area contributed by atoms with Gasteiger partial charge in [-0.2, -0.15) is 14.6 Å². The molecule has 0 fully saturated rings. The number of amides is 2. The summed E-state index contributed by atoms with van der Waals surface area (Å²) in [5, 5.41) is 4.66. The highest BCUT2D eigenvalue weighted by molar-refractivity contribution is 7.90. The molecule has 0 aliphatic carbocycles. The minimum atomic E-state index is -3.64. The Morgan fingerprint density at radius 3 is 2.40 bits per heavy atom. The number of hydrogen-bond acceptors (Lipinski definition) is 9. The number of halogens is 1. The maximum Gasteiger partial charge on any atom is 0.540 e. The largest absolute Gasteiger partial charge is 0.540 e. The number of benzene rings is 1. The van der Waals surface area contributed by atoms with Crippen LogP contribution in [-0.4, -0.2) is 54.2 Å². The number of carbonyl (C=O) groups is 2. The van der Waals surface area contributed by atoms with Crippen LogP contribution in [-0.2, 0) is 19.3 Å². The van der Waals surface area contributed by atoms with E-state index in [9.17, 15) is 18.0 Å². The minimum Gasteiger partial charge on any atom is -0.491 e. The summed E-state index contributed by atoms with van der Waals surface area (Å²) in [5.74, 6) is -0.442. The lowest BCUT2D eigenvalue weighted by Gasteiger charge is -2.30. The molecule has 1 aromatic carbocycles. The Labute approximate surface area is 207 Å². The van der Waals surface area contributed by atoms with E-state index in [0.29, 0.717) is 5.02 Å². The van der Waals surface area contributed by atoms with Gasteiger partial charge >= 0.3 is 18.1 Å². The van der Waals surface area contributed by atoms with Crippen molar-refractivity contribution in [1.82, 2.24) is 19.1 Å². The van der Waals surface area contributed by atoms with Gasteiger partial charge in [0.15, 0.2) is 21.2 Å². The third-order valence-electron chi connectivity index (χ3n) is 4.68. The number of imide groups is 1. The lowest BCUT2D eigenvalue weighted by Crippen LogP contribution is -2.57. The number of nitrogens with zero attached hydrogens (tertiary/aromatic N) is 4. The molecule has 11 nitrogen and oxygen atoms in total. The number of rotatable bonds is 5. The highest BCUT2D eigenvalue weighted by Gasteiger charge is 2.60. The van der Waals surface area contributed by atoms with Crippen molar-refractivity contribution in [1.29, 1.82) is 0 Å². The van der Waals surface area contributed by atoms with Gasteiger partial charge in [0.25, 0.3) is 0 Å². The summed E-state index contributed by atoms with van der Waals surface area (Å²) in [6, 6.07) is 6.80. The predicted molar refractivity (Wildman–Crippen MR) is 128 cm³/mol. The molecule has 35 heavy (non-hydrogen) atoms. The summed E-state index contributed by atoms with van der Waals surface area (Å²) in [6.07, 6.45) is 0.231. The number of carbonyl (C=O) groups excluding carboxylic acids is 2. The lowest BCUT2D eigenvalue weighted by atomic mass is 10.2. The zero-order valence-corrected chi connectivity index (χ0v) is 21.5. The van der Waals surface area contributed by atoms with Gasteiger partial charge in [-0.3, -0.25) is 0 Å². The van der Waals surface area contributed by atoms with Crippen molar-refractivity contribution in [3.05, 3.63) is 48.2 Å². The van der Waals surface area contributed by atoms with Crippen molar-refractivity contribution in [2.75, 3.05) is 13.4 Å². The molecule has 2 aromatic heterocycles. The van der Waals surface area contributed by atoms with E-state index >= 15 is 0 Å². The Morgan fingerprint density at radius 2 is 1.83 bits per heavy atom. The molecule has 0 saturated carbocycles. The van der Waals surface area contributed by atoms with Crippen LogP contribution in [0.2, 0.25) is 5.02 Å². The van der Waals surface area contributed by atoms with E-state index in [1.165, 1.54) is 42.9 Å². The highest BCUT2D eigenvalue weighted by atomic mass is 35.5. The highest BCUT2D eigenvalue weighted by Crippen LogP contribution is 2.43. The molecule has 0 aliphatic rings. The number of pyridine rings is 1. The number of aromatic nitrogens is 3. The predicted octanol–water partition coefficient (Wildman–Crippen LogP) is 4.69. The quantitative estimate of drug-likeness (QED) is 0.437. The maximum atomic E-state index is 13.8. The SMILES string of the molecule is C[CH]OC(=O)[N+](C(=O)OC(C)(C)C)(c1nc2ccc(Cl)cn2n1)c1ccc(S(C)(=O)=O)cc1OC. The first-order valence-corrected chi connectivity index (χ1v) is 12.5. The van der Waals surface area contributed by atoms with Gasteiger partial charge in [-0.1, -0.05) is 16.7 Å². The average molecular weight is 525 g/mol. The summed E-state index contributed by atoms with van der Waals surface area (Å²) in [6.45, 7) is 7.40. The third kappa shape index (κ3) is 5.09. The molecule has 0 aliphatic heterocycles. The van der Waals surface area contributed by atoms with E-state index in [-0.39, 0.29) is 27.9 Å². The fraction of sp³-hybridized carbons (Fsp3) is 0.318. The van der Waals surface area contributed by atoms with E-state index in [1.54, 1.807) is 32.9 Å². The zero-order chi connectivity index (χ0) is 26.2. The molecule has 0 N–H and O–H groups in total. The number of methoxy groups -OCH3 is 1. The van der Waals surface area contributed by atoms with Gasteiger partial charge in [0.2, 0.25) is 5.69 Å². The topological polar surface area (TPSA) is 126 Å². The van der Waals surface area contributed by atoms with Crippen LogP contribution in [0.3, 0.4) is 0 Å². The minimum absolute atomic E-state index is 0.0921. The summed E-state index contributed by atoms with van der Waals surface area (Å²) in [7, 11) is -2.38. The van der Waals surface area contributed by atoms with Crippen LogP contribution < -0.4 is 9.22 Å². The average Bonchev–Trinajstić information content (AvgIpc) is 3.15. The van der Waals surface area contributed by atoms with E-state index in [1.807, 2.05) is 0 Å². The van der Waals surface area contributed by atoms with E-state index < -0.39 is 32.1 Å². The lowest BCUT2D eigenvalue weighted by molar-refractivity contribution is 0.0338. The summed E-state index contributed by atoms with van der Waals surface area (Å²) < 4.78 is 40.4. The molecular weight excluding hydrogens is 500 g/mol. The maximum absolute atomic E-state index is 13.8. The first kappa shape index (κ1) is 26.4. The molecule has 1 unspecified atom stereocenters. The smallest absolute Gasteiger partial charge is 0.491 e. The van der Waals surface area contributed by atoms with Crippen molar-refractivity contribution in [3.63, 3.8) is 0 Å². The number of quaternary nitrogens is 1. The van der Waals surface area contributed by atoms with Crippen LogP contribution in [0.5, 0.6) is 5.75 Å². The van der Waals surface area contributed by atoms with Crippen molar-refractivity contribution < 1.29 is 32.2 Å². The fourth-order valence-electron chi connectivity index (χ4n) is 3.21. The van der Waals surface area contributed by atoms with Crippen molar-refractivity contribution in [2.24, 2.45) is 0 Å². The molecule has 2 amide bonds. The molecule has 13 heteroatoms. The molecule has 1 radical (unpaired) electrons. The van der Waals surface area contributed by atoms with Gasteiger partial charge in [0, 0.05) is 24.6 Å². The van der Waals surface area contributed by atoms with Gasteiger partial charge in [-0.05, 0) is 50.4 Å². The van der Waals surface area contributed by atoms with Gasteiger partial charge in [0.1, 0.15) is 12.2 Å². The summed E-state index contributed by atoms with van der Waals surface area (Å²) in [5.41, 5.74) is -0.877. The fourth-order valence-corrected chi connectivity index (χ4v) is 4.00. The second-order valence-electron chi connectivity index (χ2n) is 8.44. The molecule has 0 saturated heterocycles. The standard InChI is InChI=1S/C22H25ClN4O7S/c1-7-33-20(28)27(21(29)34-22(2,3)4,19-24-18-11-8-14(23)13-26(18)25-19)16-10-9-15(35(6,30)31)12-17(16)32-5/h7-13H,1-6H3/q+1. The van der Waals surface area contributed by atoms with Gasteiger partial charge in [-0.25, -0.2) is 12.9 Å². The van der Waals surface area contributed by atoms with Crippen LogP contribution in [0.1, 0.15) is 27.7 Å². The Balaban J connectivity index is 2.46. The molecular formula is C22H25ClN4O7S+. The van der Waals surface area contributed by atoms with Gasteiger partial charge in [-0.15, -0.1) is 0 Å². The van der Waals surface area contributed by atoms with Crippen molar-refractivity contribution in [3.8, 4) is 5.75 Å². The molecule has 3 rings (SSSR count). The summed E-state index contributed by atoms with van der Waals surface area (Å²) >= 11 is 6.07. The van der Waals surface area contributed by atoms with Crippen LogP contribution in [0, 0.1) is 6.61 Å².